The Kier molecular flexibility index (Phi) is 10.3. The molecule has 0 aromatic rings. The highest BCUT2D eigenvalue weighted by molar-refractivity contribution is 7.80. The maximum Gasteiger partial charge on any atom is 0.464 e. The highest BCUT2D eigenvalue weighted by atomic mass is 32.1. The molecular formula is C9H22O3SSi2. The molecule has 0 aliphatic heterocycles. The summed E-state index contributed by atoms with van der Waals surface area (Å²) in [6.07, 6.45) is 1.10. The second-order valence-corrected chi connectivity index (χ2v) is 9.04. The summed E-state index contributed by atoms with van der Waals surface area (Å²) in [5, 5.41) is 0. The Hall–Kier alpha value is 0.664. The van der Waals surface area contributed by atoms with Crippen LogP contribution in [0.4, 0.5) is 0 Å². The van der Waals surface area contributed by atoms with Crippen LogP contribution in [-0.4, -0.2) is 42.9 Å². The molecule has 0 unspecified atom stereocenters. The largest absolute Gasteiger partial charge is 0.464 e. The van der Waals surface area contributed by atoms with Crippen molar-refractivity contribution in [1.29, 1.82) is 0 Å². The van der Waals surface area contributed by atoms with E-state index in [-0.39, 0.29) is 0 Å². The molecule has 0 fully saturated rings. The topological polar surface area (TPSA) is 27.7 Å². The molecule has 0 heterocycles. The monoisotopic (exact) mass is 266 g/mol. The van der Waals surface area contributed by atoms with Gasteiger partial charge in [-0.2, -0.15) is 12.6 Å². The first-order valence-electron chi connectivity index (χ1n) is 5.52. The number of thiol groups is 1. The molecule has 0 atom stereocenters. The van der Waals surface area contributed by atoms with Crippen LogP contribution in [0.25, 0.3) is 0 Å². The smallest absolute Gasteiger partial charge is 0.377 e. The van der Waals surface area contributed by atoms with E-state index in [1.165, 1.54) is 0 Å². The van der Waals surface area contributed by atoms with E-state index in [0.29, 0.717) is 28.9 Å². The third-order valence-corrected chi connectivity index (χ3v) is 8.39. The van der Waals surface area contributed by atoms with Gasteiger partial charge in [-0.3, -0.25) is 0 Å². The summed E-state index contributed by atoms with van der Waals surface area (Å²) in [6.45, 7) is 7.97. The second-order valence-electron chi connectivity index (χ2n) is 2.86. The van der Waals surface area contributed by atoms with E-state index in [0.717, 1.165) is 18.2 Å². The average molecular weight is 267 g/mol. The zero-order chi connectivity index (χ0) is 11.6. The molecule has 0 aromatic heterocycles. The summed E-state index contributed by atoms with van der Waals surface area (Å²) in [7, 11) is -1.69. The number of hydrogen-bond donors (Lipinski definition) is 1. The molecule has 6 heteroatoms. The van der Waals surface area contributed by atoms with Gasteiger partial charge in [0.15, 0.2) is 0 Å². The van der Waals surface area contributed by atoms with E-state index in [9.17, 15) is 0 Å². The molecule has 0 aliphatic rings. The summed E-state index contributed by atoms with van der Waals surface area (Å²) in [6, 6.07) is 1.09. The molecule has 0 spiro atoms. The van der Waals surface area contributed by atoms with Crippen LogP contribution in [0.3, 0.4) is 0 Å². The fourth-order valence-corrected chi connectivity index (χ4v) is 7.65. The lowest BCUT2D eigenvalue weighted by Gasteiger charge is -2.28. The average Bonchev–Trinajstić information content (AvgIpc) is 2.19. The van der Waals surface area contributed by atoms with Crippen molar-refractivity contribution in [3.63, 3.8) is 0 Å². The highest BCUT2D eigenvalue weighted by Crippen LogP contribution is 2.11. The van der Waals surface area contributed by atoms with Crippen molar-refractivity contribution in [2.24, 2.45) is 0 Å². The molecule has 0 aliphatic carbocycles. The summed E-state index contributed by atoms with van der Waals surface area (Å²) >= 11 is 4.20. The van der Waals surface area contributed by atoms with E-state index in [4.69, 9.17) is 13.3 Å². The molecule has 90 valence electrons. The Morgan fingerprint density at radius 2 is 1.47 bits per heavy atom. The molecule has 15 heavy (non-hydrogen) atoms. The molecule has 2 radical (unpaired) electrons. The molecule has 3 nitrogen and oxygen atoms in total. The van der Waals surface area contributed by atoms with E-state index < -0.39 is 8.32 Å². The molecule has 0 saturated heterocycles. The first kappa shape index (κ1) is 15.7. The predicted molar refractivity (Wildman–Crippen MR) is 69.7 cm³/mol. The minimum Gasteiger partial charge on any atom is -0.377 e. The first-order valence-corrected chi connectivity index (χ1v) is 10.1. The van der Waals surface area contributed by atoms with Gasteiger partial charge in [-0.25, -0.2) is 0 Å². The van der Waals surface area contributed by atoms with Gasteiger partial charge in [-0.05, 0) is 32.9 Å². The van der Waals surface area contributed by atoms with Gasteiger partial charge in [0, 0.05) is 19.8 Å². The van der Waals surface area contributed by atoms with E-state index in [1.54, 1.807) is 0 Å². The standard InChI is InChI=1S/C9H22O3SSi2/c1-4-10-15(11-5-2,12-6-3)14-9-7-8-13/h13H,4-9H2,1-3H3. The summed E-state index contributed by atoms with van der Waals surface area (Å²) in [5.74, 6) is 0.919. The van der Waals surface area contributed by atoms with Crippen LogP contribution in [0, 0.1) is 0 Å². The van der Waals surface area contributed by atoms with Crippen molar-refractivity contribution in [2.45, 2.75) is 33.2 Å². The quantitative estimate of drug-likeness (QED) is 0.372. The van der Waals surface area contributed by atoms with Gasteiger partial charge in [0.05, 0.1) is 0 Å². The van der Waals surface area contributed by atoms with E-state index in [2.05, 4.69) is 12.6 Å². The third-order valence-electron chi connectivity index (χ3n) is 1.68. The normalized spacial score (nSPS) is 12.0. The fourth-order valence-electron chi connectivity index (χ4n) is 1.17. The van der Waals surface area contributed by atoms with Crippen molar-refractivity contribution < 1.29 is 13.3 Å². The Morgan fingerprint density at radius 1 is 1.00 bits per heavy atom. The summed E-state index contributed by atoms with van der Waals surface area (Å²) in [4.78, 5) is 0. The van der Waals surface area contributed by atoms with Crippen molar-refractivity contribution in [2.75, 3.05) is 25.6 Å². The van der Waals surface area contributed by atoms with Gasteiger partial charge in [0.2, 0.25) is 0 Å². The molecule has 0 rings (SSSR count). The molecule has 0 bridgehead atoms. The Balaban J connectivity index is 4.18. The minimum absolute atomic E-state index is 0.644. The summed E-state index contributed by atoms with van der Waals surface area (Å²) < 4.78 is 17.2. The molecule has 0 N–H and O–H groups in total. The maximum absolute atomic E-state index is 5.74. The lowest BCUT2D eigenvalue weighted by atomic mass is 10.6. The highest BCUT2D eigenvalue weighted by Gasteiger charge is 2.39. The van der Waals surface area contributed by atoms with Crippen LogP contribution in [0.5, 0.6) is 0 Å². The van der Waals surface area contributed by atoms with Crippen molar-refractivity contribution >= 4 is 30.0 Å². The molecule has 0 amide bonds. The Labute approximate surface area is 102 Å². The second kappa shape index (κ2) is 9.86. The van der Waals surface area contributed by atoms with Crippen LogP contribution in [0.1, 0.15) is 27.2 Å². The van der Waals surface area contributed by atoms with Gasteiger partial charge < -0.3 is 13.3 Å². The minimum atomic E-state index is -2.34. The van der Waals surface area contributed by atoms with Gasteiger partial charge >= 0.3 is 8.32 Å². The van der Waals surface area contributed by atoms with Crippen molar-refractivity contribution in [3.05, 3.63) is 0 Å². The lowest BCUT2D eigenvalue weighted by molar-refractivity contribution is 0.0929. The van der Waals surface area contributed by atoms with E-state index >= 15 is 0 Å². The molecule has 0 aromatic carbocycles. The predicted octanol–water partition coefficient (Wildman–Crippen LogP) is 1.97. The van der Waals surface area contributed by atoms with Crippen molar-refractivity contribution in [3.8, 4) is 0 Å². The van der Waals surface area contributed by atoms with Crippen LogP contribution in [0.2, 0.25) is 6.04 Å². The van der Waals surface area contributed by atoms with Crippen molar-refractivity contribution in [1.82, 2.24) is 0 Å². The zero-order valence-corrected chi connectivity index (χ0v) is 12.8. The SMILES string of the molecule is CCO[Si](OCC)(OCC)[Si]CCCS. The number of rotatable bonds is 10. The van der Waals surface area contributed by atoms with Gasteiger partial charge in [0.25, 0.3) is 0 Å². The van der Waals surface area contributed by atoms with Crippen LogP contribution >= 0.6 is 12.6 Å². The number of hydrogen-bond acceptors (Lipinski definition) is 4. The van der Waals surface area contributed by atoms with E-state index in [1.807, 2.05) is 20.8 Å². The van der Waals surface area contributed by atoms with Gasteiger partial charge in [0.1, 0.15) is 9.04 Å². The van der Waals surface area contributed by atoms with Gasteiger partial charge in [-0.1, -0.05) is 6.04 Å². The van der Waals surface area contributed by atoms with Crippen LogP contribution in [-0.2, 0) is 13.3 Å². The van der Waals surface area contributed by atoms with Gasteiger partial charge in [-0.15, -0.1) is 0 Å². The first-order chi connectivity index (χ1) is 7.24. The Morgan fingerprint density at radius 3 is 1.80 bits per heavy atom. The molecular weight excluding hydrogens is 244 g/mol. The maximum atomic E-state index is 5.74. The summed E-state index contributed by atoms with van der Waals surface area (Å²) in [5.41, 5.74) is 0. The fraction of sp³-hybridized carbons (Fsp3) is 1.00. The lowest BCUT2D eigenvalue weighted by Crippen LogP contribution is -2.52. The Bertz CT molecular complexity index is 132. The molecule has 0 saturated carbocycles. The third kappa shape index (κ3) is 6.75. The zero-order valence-electron chi connectivity index (χ0n) is 9.91. The van der Waals surface area contributed by atoms with Crippen LogP contribution in [0.15, 0.2) is 0 Å². The van der Waals surface area contributed by atoms with Crippen LogP contribution < -0.4 is 0 Å².